The lowest BCUT2D eigenvalue weighted by atomic mass is 10.2. The van der Waals surface area contributed by atoms with Gasteiger partial charge in [-0.15, -0.1) is 0 Å². The van der Waals surface area contributed by atoms with Crippen LogP contribution in [0.2, 0.25) is 5.02 Å². The molecule has 0 aliphatic heterocycles. The summed E-state index contributed by atoms with van der Waals surface area (Å²) in [6.45, 7) is 4.17. The van der Waals surface area contributed by atoms with Crippen LogP contribution in [0.4, 0.5) is 0 Å². The van der Waals surface area contributed by atoms with E-state index in [-0.39, 0.29) is 23.8 Å². The van der Waals surface area contributed by atoms with Crippen molar-refractivity contribution in [2.45, 2.75) is 25.5 Å². The molecule has 0 saturated carbocycles. The van der Waals surface area contributed by atoms with Gasteiger partial charge in [0.15, 0.2) is 14.8 Å². The van der Waals surface area contributed by atoms with Crippen LogP contribution in [0.5, 0.6) is 0 Å². The van der Waals surface area contributed by atoms with Crippen LogP contribution in [0, 0.1) is 17.8 Å². The van der Waals surface area contributed by atoms with Crippen molar-refractivity contribution in [2.24, 2.45) is 0 Å². The molecule has 1 N–H and O–H groups in total. The number of fused-ring (bicyclic) bond motifs is 1. The van der Waals surface area contributed by atoms with E-state index in [0.717, 1.165) is 16.8 Å². The van der Waals surface area contributed by atoms with Gasteiger partial charge in [0.05, 0.1) is 24.2 Å². The molecule has 11 heteroatoms. The Balaban J connectivity index is 1.59. The number of furan rings is 1. The number of amides is 1. The second-order valence-electron chi connectivity index (χ2n) is 8.30. The number of carbonyl (C=O) groups excluding carboxylic acids is 1. The first kappa shape index (κ1) is 25.5. The fraction of sp³-hybridized carbons (Fsp3) is 0.154. The van der Waals surface area contributed by atoms with Crippen molar-refractivity contribution in [3.8, 4) is 11.4 Å². The summed E-state index contributed by atoms with van der Waals surface area (Å²) >= 11 is 14.3. The molecule has 2 aromatic carbocycles. The number of thioether (sulfide) groups is 1. The molecule has 37 heavy (non-hydrogen) atoms. The summed E-state index contributed by atoms with van der Waals surface area (Å²) in [4.78, 5) is 31.3. The van der Waals surface area contributed by atoms with Crippen LogP contribution in [0.3, 0.4) is 0 Å². The Hall–Kier alpha value is -3.18. The number of thiazole rings is 1. The van der Waals surface area contributed by atoms with Crippen LogP contribution in [0.25, 0.3) is 21.7 Å². The quantitative estimate of drug-likeness (QED) is 0.142. The zero-order valence-corrected chi connectivity index (χ0v) is 23.1. The lowest BCUT2D eigenvalue weighted by Crippen LogP contribution is -2.26. The van der Waals surface area contributed by atoms with E-state index in [4.69, 9.17) is 33.2 Å². The first-order chi connectivity index (χ1) is 17.8. The van der Waals surface area contributed by atoms with Gasteiger partial charge in [0.2, 0.25) is 5.91 Å². The van der Waals surface area contributed by atoms with E-state index in [0.29, 0.717) is 35.9 Å². The Morgan fingerprint density at radius 1 is 1.14 bits per heavy atom. The molecule has 0 aliphatic carbocycles. The normalized spacial score (nSPS) is 11.2. The molecule has 0 saturated heterocycles. The van der Waals surface area contributed by atoms with E-state index in [1.807, 2.05) is 50.2 Å². The Bertz CT molecular complexity index is 1720. The number of halogens is 1. The number of nitrogens with one attached hydrogen (secondary N) is 1. The maximum atomic E-state index is 13.8. The van der Waals surface area contributed by atoms with Crippen LogP contribution in [-0.4, -0.2) is 25.8 Å². The Morgan fingerprint density at radius 3 is 2.59 bits per heavy atom. The summed E-state index contributed by atoms with van der Waals surface area (Å²) in [6, 6.07) is 16.7. The van der Waals surface area contributed by atoms with Gasteiger partial charge in [-0.1, -0.05) is 52.4 Å². The average molecular weight is 569 g/mol. The lowest BCUT2D eigenvalue weighted by molar-refractivity contribution is -0.118. The third-order valence-electron chi connectivity index (χ3n) is 5.64. The van der Waals surface area contributed by atoms with Crippen LogP contribution in [-0.2, 0) is 11.3 Å². The molecule has 3 heterocycles. The SMILES string of the molecule is Cc1ccc(-n2c(SCC(=O)NCc3ccco3)nc3c(sc(=S)n3-c3ccc(Cl)c(C)c3)c2=O)cc1. The summed E-state index contributed by atoms with van der Waals surface area (Å²) in [5.41, 5.74) is 3.59. The summed E-state index contributed by atoms with van der Waals surface area (Å²) in [7, 11) is 0. The summed E-state index contributed by atoms with van der Waals surface area (Å²) in [5, 5.41) is 3.86. The van der Waals surface area contributed by atoms with Crippen molar-refractivity contribution in [2.75, 3.05) is 5.75 Å². The van der Waals surface area contributed by atoms with Gasteiger partial charge >= 0.3 is 0 Å². The molecule has 3 aromatic heterocycles. The molecule has 0 spiro atoms. The molecule has 0 radical (unpaired) electrons. The predicted octanol–water partition coefficient (Wildman–Crippen LogP) is 6.24. The minimum absolute atomic E-state index is 0.0649. The van der Waals surface area contributed by atoms with E-state index in [9.17, 15) is 9.59 Å². The van der Waals surface area contributed by atoms with Crippen molar-refractivity contribution in [3.63, 3.8) is 0 Å². The molecule has 188 valence electrons. The monoisotopic (exact) mass is 568 g/mol. The van der Waals surface area contributed by atoms with Gasteiger partial charge in [0, 0.05) is 10.7 Å². The van der Waals surface area contributed by atoms with E-state index in [2.05, 4.69) is 5.32 Å². The van der Waals surface area contributed by atoms with Gasteiger partial charge in [-0.2, -0.15) is 0 Å². The second-order valence-corrected chi connectivity index (χ2v) is 11.3. The minimum Gasteiger partial charge on any atom is -0.467 e. The Kier molecular flexibility index (Phi) is 7.34. The number of aromatic nitrogens is 3. The van der Waals surface area contributed by atoms with E-state index < -0.39 is 0 Å². The van der Waals surface area contributed by atoms with Crippen LogP contribution >= 0.6 is 46.9 Å². The lowest BCUT2D eigenvalue weighted by Gasteiger charge is -2.13. The molecular weight excluding hydrogens is 548 g/mol. The highest BCUT2D eigenvalue weighted by Gasteiger charge is 2.20. The molecule has 0 atom stereocenters. The summed E-state index contributed by atoms with van der Waals surface area (Å²) in [6.07, 6.45) is 1.56. The topological polar surface area (TPSA) is 82.1 Å². The summed E-state index contributed by atoms with van der Waals surface area (Å²) < 4.78 is 9.52. The third-order valence-corrected chi connectivity index (χ3v) is 8.35. The van der Waals surface area contributed by atoms with Crippen molar-refractivity contribution in [3.05, 3.63) is 97.1 Å². The molecule has 7 nitrogen and oxygen atoms in total. The predicted molar refractivity (Wildman–Crippen MR) is 151 cm³/mol. The molecule has 5 aromatic rings. The number of carbonyl (C=O) groups is 1. The highest BCUT2D eigenvalue weighted by molar-refractivity contribution is 7.99. The first-order valence-corrected chi connectivity index (χ1v) is 13.8. The standard InChI is InChI=1S/C26H21ClN4O3S3/c1-15-5-7-17(8-6-15)31-24(33)22-23(30(26(35)37-22)18-9-10-20(27)16(2)12-18)29-25(31)36-14-21(32)28-13-19-4-3-11-34-19/h3-12H,13-14H2,1-2H3,(H,28,32). The highest BCUT2D eigenvalue weighted by atomic mass is 35.5. The number of hydrogen-bond acceptors (Lipinski definition) is 7. The Labute approximate surface area is 230 Å². The maximum absolute atomic E-state index is 13.8. The second kappa shape index (κ2) is 10.7. The smallest absolute Gasteiger partial charge is 0.278 e. The number of benzene rings is 2. The van der Waals surface area contributed by atoms with Crippen LogP contribution < -0.4 is 10.9 Å². The number of hydrogen-bond donors (Lipinski definition) is 1. The minimum atomic E-state index is -0.243. The van der Waals surface area contributed by atoms with E-state index in [1.54, 1.807) is 29.0 Å². The van der Waals surface area contributed by atoms with Crippen molar-refractivity contribution in [1.82, 2.24) is 19.4 Å². The highest BCUT2D eigenvalue weighted by Crippen LogP contribution is 2.29. The van der Waals surface area contributed by atoms with E-state index in [1.165, 1.54) is 27.7 Å². The molecule has 1 amide bonds. The largest absolute Gasteiger partial charge is 0.467 e. The van der Waals surface area contributed by atoms with Gasteiger partial charge in [-0.25, -0.2) is 4.98 Å². The van der Waals surface area contributed by atoms with Gasteiger partial charge in [0.1, 0.15) is 10.5 Å². The number of nitrogens with zero attached hydrogens (tertiary/aromatic N) is 3. The van der Waals surface area contributed by atoms with Gasteiger partial charge in [-0.3, -0.25) is 18.7 Å². The first-order valence-electron chi connectivity index (χ1n) is 11.3. The zero-order valence-electron chi connectivity index (χ0n) is 19.9. The van der Waals surface area contributed by atoms with Crippen molar-refractivity contribution < 1.29 is 9.21 Å². The zero-order chi connectivity index (χ0) is 26.1. The van der Waals surface area contributed by atoms with Crippen molar-refractivity contribution in [1.29, 1.82) is 0 Å². The number of rotatable bonds is 7. The van der Waals surface area contributed by atoms with E-state index >= 15 is 0 Å². The molecule has 5 rings (SSSR count). The molecule has 0 bridgehead atoms. The Morgan fingerprint density at radius 2 is 1.89 bits per heavy atom. The van der Waals surface area contributed by atoms with Gasteiger partial charge in [0.25, 0.3) is 5.56 Å². The molecular formula is C26H21ClN4O3S3. The molecule has 0 aliphatic rings. The summed E-state index contributed by atoms with van der Waals surface area (Å²) in [5.74, 6) is 0.516. The fourth-order valence-electron chi connectivity index (χ4n) is 3.73. The molecule has 0 unspecified atom stereocenters. The van der Waals surface area contributed by atoms with Crippen LogP contribution in [0.1, 0.15) is 16.9 Å². The van der Waals surface area contributed by atoms with Crippen LogP contribution in [0.15, 0.2) is 75.2 Å². The van der Waals surface area contributed by atoms with Gasteiger partial charge in [-0.05, 0) is 74.1 Å². The average Bonchev–Trinajstić information content (AvgIpc) is 3.52. The third kappa shape index (κ3) is 5.28. The molecule has 0 fully saturated rings. The fourth-order valence-corrected chi connectivity index (χ4v) is 5.98. The van der Waals surface area contributed by atoms with Gasteiger partial charge < -0.3 is 9.73 Å². The van der Waals surface area contributed by atoms with Crippen molar-refractivity contribution >= 4 is 63.2 Å². The maximum Gasteiger partial charge on any atom is 0.278 e. The number of aryl methyl sites for hydroxylation is 2.